The van der Waals surface area contributed by atoms with Crippen LogP contribution >= 0.6 is 11.6 Å². The summed E-state index contributed by atoms with van der Waals surface area (Å²) >= 11 is 5.69. The van der Waals surface area contributed by atoms with Crippen molar-refractivity contribution < 1.29 is 27.9 Å². The number of hydrogen-bond acceptors (Lipinski definition) is 5. The first-order valence-electron chi connectivity index (χ1n) is 6.68. The summed E-state index contributed by atoms with van der Waals surface area (Å²) in [6.07, 6.45) is 1.31. The number of benzene rings is 1. The fourth-order valence-corrected chi connectivity index (χ4v) is 1.80. The highest BCUT2D eigenvalue weighted by atomic mass is 35.5. The summed E-state index contributed by atoms with van der Waals surface area (Å²) < 4.78 is 22.9. The molecule has 0 fully saturated rings. The van der Waals surface area contributed by atoms with Gasteiger partial charge in [-0.15, -0.1) is 0 Å². The molecular formula is C15H12ClFN2O5. The van der Waals surface area contributed by atoms with Crippen LogP contribution in [-0.4, -0.2) is 30.9 Å². The third-order valence-electron chi connectivity index (χ3n) is 2.70. The third kappa shape index (κ3) is 5.10. The van der Waals surface area contributed by atoms with E-state index >= 15 is 0 Å². The van der Waals surface area contributed by atoms with Crippen LogP contribution in [0.25, 0.3) is 0 Å². The zero-order valence-electron chi connectivity index (χ0n) is 12.2. The van der Waals surface area contributed by atoms with Gasteiger partial charge in [0.05, 0.1) is 12.0 Å². The van der Waals surface area contributed by atoms with Crippen LogP contribution in [0.1, 0.15) is 10.6 Å². The number of halogens is 2. The van der Waals surface area contributed by atoms with Crippen LogP contribution in [0.2, 0.25) is 5.02 Å². The van der Waals surface area contributed by atoms with Gasteiger partial charge in [-0.25, -0.2) is 4.39 Å². The van der Waals surface area contributed by atoms with Crippen LogP contribution < -0.4 is 10.6 Å². The molecule has 7 nitrogen and oxygen atoms in total. The SMILES string of the molecule is O=C(COC(=O)CNC(=O)c1ccco1)Nc1cc(Cl)ccc1F. The van der Waals surface area contributed by atoms with Gasteiger partial charge in [0.15, 0.2) is 12.4 Å². The molecule has 2 aromatic rings. The van der Waals surface area contributed by atoms with E-state index in [-0.39, 0.29) is 16.5 Å². The second-order valence-electron chi connectivity index (χ2n) is 4.49. The Bertz CT molecular complexity index is 748. The Labute approximate surface area is 140 Å². The highest BCUT2D eigenvalue weighted by Crippen LogP contribution is 2.19. The van der Waals surface area contributed by atoms with Gasteiger partial charge in [-0.2, -0.15) is 0 Å². The number of esters is 1. The average Bonchev–Trinajstić information content (AvgIpc) is 3.08. The van der Waals surface area contributed by atoms with Gasteiger partial charge in [0, 0.05) is 5.02 Å². The molecule has 2 N–H and O–H groups in total. The lowest BCUT2D eigenvalue weighted by Gasteiger charge is -2.08. The Morgan fingerprint density at radius 3 is 2.75 bits per heavy atom. The minimum absolute atomic E-state index is 0.0389. The van der Waals surface area contributed by atoms with Crippen LogP contribution in [0.15, 0.2) is 41.0 Å². The maximum absolute atomic E-state index is 13.4. The molecule has 0 saturated carbocycles. The summed E-state index contributed by atoms with van der Waals surface area (Å²) in [5, 5.41) is 4.71. The molecular weight excluding hydrogens is 343 g/mol. The molecule has 0 atom stereocenters. The van der Waals surface area contributed by atoms with Crippen molar-refractivity contribution in [3.05, 3.63) is 53.2 Å². The van der Waals surface area contributed by atoms with Crippen LogP contribution in [0.3, 0.4) is 0 Å². The van der Waals surface area contributed by atoms with Gasteiger partial charge in [0.1, 0.15) is 12.4 Å². The molecule has 1 aromatic carbocycles. The van der Waals surface area contributed by atoms with E-state index in [4.69, 9.17) is 16.0 Å². The molecule has 0 radical (unpaired) electrons. The molecule has 0 aliphatic rings. The number of carbonyl (C=O) groups is 3. The quantitative estimate of drug-likeness (QED) is 0.773. The van der Waals surface area contributed by atoms with Crippen LogP contribution in [-0.2, 0) is 14.3 Å². The molecule has 126 valence electrons. The van der Waals surface area contributed by atoms with Crippen molar-refractivity contribution >= 4 is 35.1 Å². The summed E-state index contributed by atoms with van der Waals surface area (Å²) in [6.45, 7) is -1.08. The van der Waals surface area contributed by atoms with Gasteiger partial charge in [-0.1, -0.05) is 11.6 Å². The largest absolute Gasteiger partial charge is 0.459 e. The van der Waals surface area contributed by atoms with Crippen molar-refractivity contribution in [3.8, 4) is 0 Å². The highest BCUT2D eigenvalue weighted by Gasteiger charge is 2.13. The van der Waals surface area contributed by atoms with Gasteiger partial charge in [-0.05, 0) is 30.3 Å². The summed E-state index contributed by atoms with van der Waals surface area (Å²) in [5.41, 5.74) is -0.130. The predicted octanol–water partition coefficient (Wildman–Crippen LogP) is 1.98. The lowest BCUT2D eigenvalue weighted by atomic mass is 10.3. The van der Waals surface area contributed by atoms with Gasteiger partial charge in [0.25, 0.3) is 11.8 Å². The molecule has 1 aromatic heterocycles. The second kappa shape index (κ2) is 8.11. The maximum Gasteiger partial charge on any atom is 0.325 e. The van der Waals surface area contributed by atoms with Gasteiger partial charge >= 0.3 is 5.97 Å². The van der Waals surface area contributed by atoms with Crippen molar-refractivity contribution in [3.63, 3.8) is 0 Å². The fraction of sp³-hybridized carbons (Fsp3) is 0.133. The van der Waals surface area contributed by atoms with Crippen LogP contribution in [0, 0.1) is 5.82 Å². The molecule has 0 unspecified atom stereocenters. The molecule has 0 bridgehead atoms. The van der Waals surface area contributed by atoms with E-state index in [1.54, 1.807) is 0 Å². The molecule has 1 heterocycles. The van der Waals surface area contributed by atoms with E-state index < -0.39 is 36.8 Å². The number of anilines is 1. The van der Waals surface area contributed by atoms with E-state index in [9.17, 15) is 18.8 Å². The third-order valence-corrected chi connectivity index (χ3v) is 2.94. The minimum atomic E-state index is -0.836. The molecule has 9 heteroatoms. The standard InChI is InChI=1S/C15H12ClFN2O5/c16-9-3-4-10(17)11(6-9)19-13(20)8-24-14(21)7-18-15(22)12-2-1-5-23-12/h1-6H,7-8H2,(H,18,22)(H,19,20). The monoisotopic (exact) mass is 354 g/mol. The number of ether oxygens (including phenoxy) is 1. The van der Waals surface area contributed by atoms with Gasteiger partial charge in [-0.3, -0.25) is 14.4 Å². The number of nitrogens with one attached hydrogen (secondary N) is 2. The Hall–Kier alpha value is -2.87. The first-order valence-corrected chi connectivity index (χ1v) is 7.05. The fourth-order valence-electron chi connectivity index (χ4n) is 1.62. The summed E-state index contributed by atoms with van der Waals surface area (Å²) in [5.74, 6) is -2.82. The maximum atomic E-state index is 13.4. The molecule has 0 aliphatic carbocycles. The number of carbonyl (C=O) groups excluding carboxylic acids is 3. The lowest BCUT2D eigenvalue weighted by Crippen LogP contribution is -2.32. The topological polar surface area (TPSA) is 97.6 Å². The Balaban J connectivity index is 1.74. The Morgan fingerprint density at radius 2 is 2.04 bits per heavy atom. The Morgan fingerprint density at radius 1 is 1.25 bits per heavy atom. The minimum Gasteiger partial charge on any atom is -0.459 e. The molecule has 2 rings (SSSR count). The smallest absolute Gasteiger partial charge is 0.325 e. The first kappa shape index (κ1) is 17.5. The van der Waals surface area contributed by atoms with Crippen LogP contribution in [0.5, 0.6) is 0 Å². The number of furan rings is 1. The first-order chi connectivity index (χ1) is 11.5. The summed E-state index contributed by atoms with van der Waals surface area (Å²) in [6, 6.07) is 6.59. The van der Waals surface area contributed by atoms with E-state index in [2.05, 4.69) is 15.4 Å². The summed E-state index contributed by atoms with van der Waals surface area (Å²) in [7, 11) is 0. The zero-order chi connectivity index (χ0) is 17.5. The Kier molecular flexibility index (Phi) is 5.91. The molecule has 0 saturated heterocycles. The van der Waals surface area contributed by atoms with Crippen molar-refractivity contribution in [1.29, 1.82) is 0 Å². The van der Waals surface area contributed by atoms with Gasteiger partial charge in [0.2, 0.25) is 0 Å². The zero-order valence-corrected chi connectivity index (χ0v) is 12.9. The van der Waals surface area contributed by atoms with E-state index in [0.717, 1.165) is 6.07 Å². The van der Waals surface area contributed by atoms with E-state index in [1.165, 1.54) is 30.5 Å². The normalized spacial score (nSPS) is 10.1. The van der Waals surface area contributed by atoms with E-state index in [1.807, 2.05) is 0 Å². The van der Waals surface area contributed by atoms with Gasteiger partial charge < -0.3 is 19.8 Å². The molecule has 2 amide bonds. The van der Waals surface area contributed by atoms with Crippen molar-refractivity contribution in [2.24, 2.45) is 0 Å². The lowest BCUT2D eigenvalue weighted by molar-refractivity contribution is -0.146. The summed E-state index contributed by atoms with van der Waals surface area (Å²) in [4.78, 5) is 34.6. The average molecular weight is 355 g/mol. The van der Waals surface area contributed by atoms with Crippen molar-refractivity contribution in [1.82, 2.24) is 5.32 Å². The second-order valence-corrected chi connectivity index (χ2v) is 4.93. The van der Waals surface area contributed by atoms with Crippen LogP contribution in [0.4, 0.5) is 10.1 Å². The van der Waals surface area contributed by atoms with E-state index in [0.29, 0.717) is 0 Å². The highest BCUT2D eigenvalue weighted by molar-refractivity contribution is 6.30. The van der Waals surface area contributed by atoms with Crippen molar-refractivity contribution in [2.45, 2.75) is 0 Å². The molecule has 24 heavy (non-hydrogen) atoms. The number of rotatable bonds is 6. The predicted molar refractivity (Wildman–Crippen MR) is 82.0 cm³/mol. The number of amides is 2. The molecule has 0 spiro atoms. The van der Waals surface area contributed by atoms with Crippen molar-refractivity contribution in [2.75, 3.05) is 18.5 Å². The molecule has 0 aliphatic heterocycles. The number of hydrogen-bond donors (Lipinski definition) is 2.